The number of nitrogens with two attached hydrogens (primary N) is 1. The molecule has 2 unspecified atom stereocenters. The van der Waals surface area contributed by atoms with Gasteiger partial charge in [0.2, 0.25) is 0 Å². The molecule has 19 heavy (non-hydrogen) atoms. The predicted molar refractivity (Wildman–Crippen MR) is 79.5 cm³/mol. The Balaban J connectivity index is 2.34. The van der Waals surface area contributed by atoms with Crippen LogP contribution in [0.25, 0.3) is 0 Å². The van der Waals surface area contributed by atoms with Gasteiger partial charge in [-0.2, -0.15) is 0 Å². The molecule has 1 amide bonds. The van der Waals surface area contributed by atoms with Gasteiger partial charge in [0.15, 0.2) is 0 Å². The summed E-state index contributed by atoms with van der Waals surface area (Å²) in [5.74, 6) is 0.596. The Hall–Kier alpha value is -1.71. The lowest BCUT2D eigenvalue weighted by molar-refractivity contribution is 0.0963. The molecular formula is C15H23N3O. The largest absolute Gasteiger partial charge is 0.397 e. The number of carbonyl (C=O) groups is 1. The number of hydrogen-bond donors (Lipinski definition) is 2. The number of carbonyl (C=O) groups excluding carboxylic acids is 1. The summed E-state index contributed by atoms with van der Waals surface area (Å²) < 4.78 is 0. The number of nitrogens with one attached hydrogen (secondary N) is 1. The van der Waals surface area contributed by atoms with E-state index < -0.39 is 0 Å². The standard InChI is InChI=1S/C15H23N3O/c1-10-4-5-11(2)18(9-10)14-8-12(15(19)17-3)6-7-13(14)16/h6-8,10-11H,4-5,9,16H2,1-3H3,(H,17,19). The fourth-order valence-electron chi connectivity index (χ4n) is 2.70. The number of anilines is 2. The Morgan fingerprint density at radius 1 is 1.37 bits per heavy atom. The lowest BCUT2D eigenvalue weighted by Crippen LogP contribution is -2.41. The van der Waals surface area contributed by atoms with Gasteiger partial charge in [-0.15, -0.1) is 0 Å². The van der Waals surface area contributed by atoms with Crippen molar-refractivity contribution in [3.63, 3.8) is 0 Å². The van der Waals surface area contributed by atoms with Crippen LogP contribution in [0.2, 0.25) is 0 Å². The van der Waals surface area contributed by atoms with E-state index in [1.807, 2.05) is 12.1 Å². The van der Waals surface area contributed by atoms with Crippen molar-refractivity contribution in [1.29, 1.82) is 0 Å². The van der Waals surface area contributed by atoms with Gasteiger partial charge < -0.3 is 16.0 Å². The van der Waals surface area contributed by atoms with Crippen LogP contribution in [0.1, 0.15) is 37.0 Å². The van der Waals surface area contributed by atoms with Gasteiger partial charge in [0.05, 0.1) is 11.4 Å². The monoisotopic (exact) mass is 261 g/mol. The van der Waals surface area contributed by atoms with E-state index in [1.54, 1.807) is 13.1 Å². The van der Waals surface area contributed by atoms with E-state index in [9.17, 15) is 4.79 Å². The molecule has 104 valence electrons. The maximum Gasteiger partial charge on any atom is 0.251 e. The summed E-state index contributed by atoms with van der Waals surface area (Å²) in [6, 6.07) is 5.98. The first-order chi connectivity index (χ1) is 9.02. The van der Waals surface area contributed by atoms with E-state index in [0.717, 1.165) is 17.9 Å². The summed E-state index contributed by atoms with van der Waals surface area (Å²) in [5, 5.41) is 2.65. The van der Waals surface area contributed by atoms with Gasteiger partial charge in [-0.1, -0.05) is 6.92 Å². The lowest BCUT2D eigenvalue weighted by atomic mass is 9.94. The van der Waals surface area contributed by atoms with E-state index in [-0.39, 0.29) is 5.91 Å². The molecule has 1 aromatic carbocycles. The molecular weight excluding hydrogens is 238 g/mol. The summed E-state index contributed by atoms with van der Waals surface area (Å²) in [7, 11) is 1.64. The number of nitrogens with zero attached hydrogens (tertiary/aromatic N) is 1. The molecule has 2 atom stereocenters. The maximum absolute atomic E-state index is 11.7. The van der Waals surface area contributed by atoms with Crippen molar-refractivity contribution in [2.75, 3.05) is 24.2 Å². The summed E-state index contributed by atoms with van der Waals surface area (Å²) in [6.45, 7) is 5.48. The first-order valence-corrected chi connectivity index (χ1v) is 6.91. The zero-order valence-corrected chi connectivity index (χ0v) is 11.9. The van der Waals surface area contributed by atoms with Gasteiger partial charge in [-0.05, 0) is 43.9 Å². The molecule has 3 N–H and O–H groups in total. The Labute approximate surface area is 115 Å². The van der Waals surface area contributed by atoms with Crippen molar-refractivity contribution in [1.82, 2.24) is 5.32 Å². The Morgan fingerprint density at radius 2 is 2.11 bits per heavy atom. The molecule has 0 aliphatic carbocycles. The van der Waals surface area contributed by atoms with Gasteiger partial charge in [0, 0.05) is 25.2 Å². The minimum Gasteiger partial charge on any atom is -0.397 e. The highest BCUT2D eigenvalue weighted by Crippen LogP contribution is 2.32. The number of amides is 1. The van der Waals surface area contributed by atoms with Gasteiger partial charge in [-0.3, -0.25) is 4.79 Å². The van der Waals surface area contributed by atoms with Crippen LogP contribution in [0.3, 0.4) is 0 Å². The fourth-order valence-corrected chi connectivity index (χ4v) is 2.70. The molecule has 1 fully saturated rings. The molecule has 0 aromatic heterocycles. The summed E-state index contributed by atoms with van der Waals surface area (Å²) in [5.41, 5.74) is 8.49. The zero-order valence-electron chi connectivity index (χ0n) is 11.9. The number of piperidine rings is 1. The van der Waals surface area contributed by atoms with E-state index in [0.29, 0.717) is 17.5 Å². The minimum atomic E-state index is -0.0704. The molecule has 0 radical (unpaired) electrons. The van der Waals surface area contributed by atoms with Crippen LogP contribution in [0.4, 0.5) is 11.4 Å². The Bertz CT molecular complexity index is 472. The van der Waals surface area contributed by atoms with Gasteiger partial charge in [0.25, 0.3) is 5.91 Å². The quantitative estimate of drug-likeness (QED) is 0.803. The highest BCUT2D eigenvalue weighted by atomic mass is 16.1. The smallest absolute Gasteiger partial charge is 0.251 e. The van der Waals surface area contributed by atoms with Crippen molar-refractivity contribution >= 4 is 17.3 Å². The van der Waals surface area contributed by atoms with E-state index >= 15 is 0 Å². The Kier molecular flexibility index (Phi) is 3.98. The third kappa shape index (κ3) is 2.83. The lowest BCUT2D eigenvalue weighted by Gasteiger charge is -2.39. The molecule has 1 aromatic rings. The summed E-state index contributed by atoms with van der Waals surface area (Å²) >= 11 is 0. The van der Waals surface area contributed by atoms with Crippen LogP contribution in [0, 0.1) is 5.92 Å². The van der Waals surface area contributed by atoms with Crippen molar-refractivity contribution < 1.29 is 4.79 Å². The molecule has 2 rings (SSSR count). The second-order valence-electron chi connectivity index (χ2n) is 5.54. The molecule has 0 spiro atoms. The summed E-state index contributed by atoms with van der Waals surface area (Å²) in [4.78, 5) is 14.1. The summed E-state index contributed by atoms with van der Waals surface area (Å²) in [6.07, 6.45) is 2.43. The highest BCUT2D eigenvalue weighted by Gasteiger charge is 2.24. The number of benzene rings is 1. The van der Waals surface area contributed by atoms with Crippen LogP contribution in [0.5, 0.6) is 0 Å². The third-order valence-corrected chi connectivity index (χ3v) is 3.95. The molecule has 0 saturated carbocycles. The van der Waals surface area contributed by atoms with E-state index in [1.165, 1.54) is 12.8 Å². The van der Waals surface area contributed by atoms with Gasteiger partial charge >= 0.3 is 0 Å². The van der Waals surface area contributed by atoms with Crippen molar-refractivity contribution in [3.05, 3.63) is 23.8 Å². The van der Waals surface area contributed by atoms with Gasteiger partial charge in [0.1, 0.15) is 0 Å². The second kappa shape index (κ2) is 5.51. The van der Waals surface area contributed by atoms with Crippen molar-refractivity contribution in [2.24, 2.45) is 5.92 Å². The first kappa shape index (κ1) is 13.7. The van der Waals surface area contributed by atoms with Crippen molar-refractivity contribution in [3.8, 4) is 0 Å². The highest BCUT2D eigenvalue weighted by molar-refractivity contribution is 5.96. The van der Waals surface area contributed by atoms with Crippen LogP contribution in [-0.2, 0) is 0 Å². The van der Waals surface area contributed by atoms with Crippen LogP contribution < -0.4 is 16.0 Å². The molecule has 1 aliphatic rings. The predicted octanol–water partition coefficient (Wildman–Crippen LogP) is 2.25. The minimum absolute atomic E-state index is 0.0704. The first-order valence-electron chi connectivity index (χ1n) is 6.91. The third-order valence-electron chi connectivity index (χ3n) is 3.95. The van der Waals surface area contributed by atoms with E-state index in [2.05, 4.69) is 24.1 Å². The molecule has 1 aliphatic heterocycles. The van der Waals surface area contributed by atoms with Gasteiger partial charge in [-0.25, -0.2) is 0 Å². The second-order valence-corrected chi connectivity index (χ2v) is 5.54. The topological polar surface area (TPSA) is 58.4 Å². The maximum atomic E-state index is 11.7. The van der Waals surface area contributed by atoms with Crippen LogP contribution in [0.15, 0.2) is 18.2 Å². The average Bonchev–Trinajstić information content (AvgIpc) is 2.41. The van der Waals surface area contributed by atoms with Crippen LogP contribution in [-0.4, -0.2) is 25.5 Å². The Morgan fingerprint density at radius 3 is 2.79 bits per heavy atom. The number of nitrogen functional groups attached to an aromatic ring is 1. The van der Waals surface area contributed by atoms with Crippen LogP contribution >= 0.6 is 0 Å². The molecule has 4 nitrogen and oxygen atoms in total. The normalized spacial score (nSPS) is 23.2. The van der Waals surface area contributed by atoms with Crippen molar-refractivity contribution in [2.45, 2.75) is 32.7 Å². The molecule has 4 heteroatoms. The number of rotatable bonds is 2. The molecule has 1 heterocycles. The van der Waals surface area contributed by atoms with E-state index in [4.69, 9.17) is 5.73 Å². The fraction of sp³-hybridized carbons (Fsp3) is 0.533. The molecule has 1 saturated heterocycles. The molecule has 0 bridgehead atoms. The number of hydrogen-bond acceptors (Lipinski definition) is 3. The average molecular weight is 261 g/mol. The zero-order chi connectivity index (χ0) is 14.0. The SMILES string of the molecule is CNC(=O)c1ccc(N)c(N2CC(C)CCC2C)c1.